The Kier molecular flexibility index (Phi) is 6.04. The number of nitrogens with zero attached hydrogens (tertiary/aromatic N) is 2. The summed E-state index contributed by atoms with van der Waals surface area (Å²) >= 11 is 0. The van der Waals surface area contributed by atoms with Crippen LogP contribution in [0.1, 0.15) is 37.8 Å². The number of aliphatic carboxylic acids is 1. The molecule has 0 radical (unpaired) electrons. The summed E-state index contributed by atoms with van der Waals surface area (Å²) in [7, 11) is 0. The third kappa shape index (κ3) is 4.72. The predicted molar refractivity (Wildman–Crippen MR) is 73.6 cm³/mol. The van der Waals surface area contributed by atoms with Gasteiger partial charge in [-0.3, -0.25) is 9.69 Å². The molecule has 1 N–H and O–H groups in total. The fourth-order valence-corrected chi connectivity index (χ4v) is 1.94. The minimum Gasteiger partial charge on any atom is -0.481 e. The van der Waals surface area contributed by atoms with Gasteiger partial charge < -0.3 is 5.11 Å². The number of nitriles is 1. The summed E-state index contributed by atoms with van der Waals surface area (Å²) in [6.07, 6.45) is 1.08. The van der Waals surface area contributed by atoms with E-state index >= 15 is 0 Å². The molecule has 0 fully saturated rings. The summed E-state index contributed by atoms with van der Waals surface area (Å²) in [5, 5.41) is 17.9. The van der Waals surface area contributed by atoms with Gasteiger partial charge in [0.1, 0.15) is 0 Å². The van der Waals surface area contributed by atoms with E-state index in [1.54, 1.807) is 6.07 Å². The van der Waals surface area contributed by atoms with Gasteiger partial charge in [0, 0.05) is 19.1 Å². The molecule has 102 valence electrons. The lowest BCUT2D eigenvalue weighted by Gasteiger charge is -2.28. The molecule has 0 amide bonds. The lowest BCUT2D eigenvalue weighted by molar-refractivity contribution is -0.137. The highest BCUT2D eigenvalue weighted by Crippen LogP contribution is 2.14. The Morgan fingerprint density at radius 1 is 1.47 bits per heavy atom. The van der Waals surface area contributed by atoms with Gasteiger partial charge in [0.15, 0.2) is 0 Å². The lowest BCUT2D eigenvalue weighted by Crippen LogP contribution is -2.34. The van der Waals surface area contributed by atoms with Crippen LogP contribution in [0.25, 0.3) is 0 Å². The van der Waals surface area contributed by atoms with Crippen LogP contribution in [0.3, 0.4) is 0 Å². The van der Waals surface area contributed by atoms with Gasteiger partial charge in [-0.05, 0) is 25.0 Å². The quantitative estimate of drug-likeness (QED) is 0.818. The van der Waals surface area contributed by atoms with Crippen molar-refractivity contribution in [3.8, 4) is 6.07 Å². The van der Waals surface area contributed by atoms with Gasteiger partial charge in [0.2, 0.25) is 0 Å². The van der Waals surface area contributed by atoms with Crippen LogP contribution in [0.5, 0.6) is 0 Å². The van der Waals surface area contributed by atoms with Gasteiger partial charge in [-0.2, -0.15) is 5.26 Å². The molecule has 4 nitrogen and oxygen atoms in total. The van der Waals surface area contributed by atoms with E-state index in [2.05, 4.69) is 24.8 Å². The monoisotopic (exact) mass is 260 g/mol. The Bertz CT molecular complexity index is 465. The zero-order chi connectivity index (χ0) is 14.3. The van der Waals surface area contributed by atoms with Crippen molar-refractivity contribution in [1.29, 1.82) is 5.26 Å². The number of carboxylic acid groups (broad SMARTS) is 1. The average molecular weight is 260 g/mol. The summed E-state index contributed by atoms with van der Waals surface area (Å²) in [6, 6.07) is 9.94. The molecule has 1 unspecified atom stereocenters. The van der Waals surface area contributed by atoms with E-state index in [-0.39, 0.29) is 6.42 Å². The molecule has 0 saturated heterocycles. The van der Waals surface area contributed by atoms with Crippen LogP contribution >= 0.6 is 0 Å². The zero-order valence-corrected chi connectivity index (χ0v) is 11.5. The zero-order valence-electron chi connectivity index (χ0n) is 11.5. The topological polar surface area (TPSA) is 64.3 Å². The lowest BCUT2D eigenvalue weighted by atomic mass is 10.1. The molecule has 1 atom stereocenters. The Labute approximate surface area is 114 Å². The second-order valence-electron chi connectivity index (χ2n) is 4.64. The molecular formula is C15H20N2O2. The number of carbonyl (C=O) groups is 1. The SMILES string of the molecule is CCC(C)N(CCC(=O)O)Cc1ccccc1C#N. The first-order valence-electron chi connectivity index (χ1n) is 6.52. The molecule has 1 rings (SSSR count). The molecule has 0 bridgehead atoms. The number of benzene rings is 1. The van der Waals surface area contributed by atoms with E-state index < -0.39 is 5.97 Å². The Hall–Kier alpha value is -1.86. The summed E-state index contributed by atoms with van der Waals surface area (Å²) in [5.74, 6) is -0.790. The first-order valence-corrected chi connectivity index (χ1v) is 6.52. The minimum absolute atomic E-state index is 0.124. The van der Waals surface area contributed by atoms with Crippen LogP contribution in [0, 0.1) is 11.3 Å². The maximum atomic E-state index is 10.7. The van der Waals surface area contributed by atoms with E-state index in [1.807, 2.05) is 18.2 Å². The highest BCUT2D eigenvalue weighted by Gasteiger charge is 2.15. The number of hydrogen-bond acceptors (Lipinski definition) is 3. The molecule has 1 aromatic carbocycles. The third-order valence-electron chi connectivity index (χ3n) is 3.34. The van der Waals surface area contributed by atoms with Gasteiger partial charge in [0.25, 0.3) is 0 Å². The molecule has 0 aromatic heterocycles. The number of carboxylic acids is 1. The predicted octanol–water partition coefficient (Wildman–Crippen LogP) is 2.63. The van der Waals surface area contributed by atoms with Gasteiger partial charge >= 0.3 is 5.97 Å². The summed E-state index contributed by atoms with van der Waals surface area (Å²) in [5.41, 5.74) is 1.61. The van der Waals surface area contributed by atoms with Crippen LogP contribution in [0.2, 0.25) is 0 Å². The van der Waals surface area contributed by atoms with Crippen molar-refractivity contribution < 1.29 is 9.90 Å². The normalized spacial score (nSPS) is 12.1. The molecule has 0 aliphatic rings. The highest BCUT2D eigenvalue weighted by atomic mass is 16.4. The standard InChI is InChI=1S/C15H20N2O2/c1-3-12(2)17(9-8-15(18)19)11-14-7-5-4-6-13(14)10-16/h4-7,12H,3,8-9,11H2,1-2H3,(H,18,19). The van der Waals surface area contributed by atoms with Crippen LogP contribution in [0.15, 0.2) is 24.3 Å². The number of hydrogen-bond donors (Lipinski definition) is 1. The van der Waals surface area contributed by atoms with Crippen molar-refractivity contribution in [2.24, 2.45) is 0 Å². The molecule has 0 aliphatic heterocycles. The molecule has 0 spiro atoms. The van der Waals surface area contributed by atoms with Crippen molar-refractivity contribution in [2.45, 2.75) is 39.3 Å². The van der Waals surface area contributed by atoms with Gasteiger partial charge in [-0.15, -0.1) is 0 Å². The summed E-state index contributed by atoms with van der Waals surface area (Å²) < 4.78 is 0. The van der Waals surface area contributed by atoms with Crippen molar-refractivity contribution in [1.82, 2.24) is 4.90 Å². The van der Waals surface area contributed by atoms with Gasteiger partial charge in [0.05, 0.1) is 18.1 Å². The van der Waals surface area contributed by atoms with Crippen molar-refractivity contribution in [3.05, 3.63) is 35.4 Å². The molecule has 4 heteroatoms. The summed E-state index contributed by atoms with van der Waals surface area (Å²) in [6.45, 7) is 5.28. The fourth-order valence-electron chi connectivity index (χ4n) is 1.94. The van der Waals surface area contributed by atoms with Crippen LogP contribution in [-0.4, -0.2) is 28.6 Å². The first kappa shape index (κ1) is 15.2. The minimum atomic E-state index is -0.790. The number of rotatable bonds is 7. The van der Waals surface area contributed by atoms with Crippen molar-refractivity contribution in [3.63, 3.8) is 0 Å². The van der Waals surface area contributed by atoms with Gasteiger partial charge in [-0.1, -0.05) is 25.1 Å². The van der Waals surface area contributed by atoms with E-state index in [1.165, 1.54) is 0 Å². The van der Waals surface area contributed by atoms with E-state index in [4.69, 9.17) is 10.4 Å². The average Bonchev–Trinajstić information content (AvgIpc) is 2.42. The van der Waals surface area contributed by atoms with Crippen molar-refractivity contribution >= 4 is 5.97 Å². The van der Waals surface area contributed by atoms with Crippen molar-refractivity contribution in [2.75, 3.05) is 6.54 Å². The van der Waals surface area contributed by atoms with Crippen LogP contribution < -0.4 is 0 Å². The van der Waals surface area contributed by atoms with E-state index in [0.717, 1.165) is 12.0 Å². The van der Waals surface area contributed by atoms with E-state index in [9.17, 15) is 4.79 Å². The molecule has 19 heavy (non-hydrogen) atoms. The first-order chi connectivity index (χ1) is 9.08. The van der Waals surface area contributed by atoms with E-state index in [0.29, 0.717) is 24.7 Å². The Morgan fingerprint density at radius 3 is 2.74 bits per heavy atom. The molecular weight excluding hydrogens is 240 g/mol. The highest BCUT2D eigenvalue weighted by molar-refractivity contribution is 5.66. The summed E-state index contributed by atoms with van der Waals surface area (Å²) in [4.78, 5) is 12.8. The molecule has 0 heterocycles. The second kappa shape index (κ2) is 7.55. The maximum Gasteiger partial charge on any atom is 0.304 e. The molecule has 0 saturated carbocycles. The fraction of sp³-hybridized carbons (Fsp3) is 0.467. The van der Waals surface area contributed by atoms with Crippen LogP contribution in [-0.2, 0) is 11.3 Å². The maximum absolute atomic E-state index is 10.7. The molecule has 1 aromatic rings. The smallest absolute Gasteiger partial charge is 0.304 e. The van der Waals surface area contributed by atoms with Gasteiger partial charge in [-0.25, -0.2) is 0 Å². The molecule has 0 aliphatic carbocycles. The van der Waals surface area contributed by atoms with Crippen LogP contribution in [0.4, 0.5) is 0 Å². The Balaban J connectivity index is 2.82. The largest absolute Gasteiger partial charge is 0.481 e. The Morgan fingerprint density at radius 2 is 2.16 bits per heavy atom. The second-order valence-corrected chi connectivity index (χ2v) is 4.64. The third-order valence-corrected chi connectivity index (χ3v) is 3.34.